The number of nitrogens with zero attached hydrogens (tertiary/aromatic N) is 4. The molecule has 0 spiro atoms. The van der Waals surface area contributed by atoms with Crippen molar-refractivity contribution < 1.29 is 0 Å². The number of anilines is 1. The second-order valence-corrected chi connectivity index (χ2v) is 6.08. The summed E-state index contributed by atoms with van der Waals surface area (Å²) < 4.78 is 1.85. The molecule has 1 aliphatic heterocycles. The molecular weight excluding hydrogens is 300 g/mol. The molecule has 1 aliphatic rings. The Hall–Kier alpha value is -2.73. The zero-order valence-corrected chi connectivity index (χ0v) is 13.6. The zero-order chi connectivity index (χ0) is 16.4. The maximum atomic E-state index is 4.78. The molecule has 0 bridgehead atoms. The first-order valence-corrected chi connectivity index (χ1v) is 8.19. The summed E-state index contributed by atoms with van der Waals surface area (Å²) in [6.45, 7) is 4.66. The maximum Gasteiger partial charge on any atom is 0.237 e. The van der Waals surface area contributed by atoms with Gasteiger partial charge in [-0.05, 0) is 5.56 Å². The average Bonchev–Trinajstić information content (AvgIpc) is 3.16. The van der Waals surface area contributed by atoms with Crippen LogP contribution in [0.2, 0.25) is 0 Å². The SMILES string of the molecule is CC1CNCc2c(NCc3ccccc3)nc(-n3ccnc3)nc21. The molecule has 0 saturated heterocycles. The molecular formula is C18H20N6. The Bertz CT molecular complexity index is 813. The van der Waals surface area contributed by atoms with Crippen molar-refractivity contribution in [3.8, 4) is 5.95 Å². The fraction of sp³-hybridized carbons (Fsp3) is 0.278. The fourth-order valence-corrected chi connectivity index (χ4v) is 3.00. The Morgan fingerprint density at radius 2 is 2.12 bits per heavy atom. The van der Waals surface area contributed by atoms with Crippen LogP contribution >= 0.6 is 0 Å². The highest BCUT2D eigenvalue weighted by atomic mass is 15.2. The molecule has 1 aromatic carbocycles. The highest BCUT2D eigenvalue weighted by Crippen LogP contribution is 2.27. The van der Waals surface area contributed by atoms with Crippen LogP contribution in [0.3, 0.4) is 0 Å². The molecule has 6 heteroatoms. The molecule has 2 N–H and O–H groups in total. The topological polar surface area (TPSA) is 67.7 Å². The Kier molecular flexibility index (Phi) is 3.96. The standard InChI is InChI=1S/C18H20N6/c1-13-9-20-11-15-16(13)22-18(24-8-7-19-12-24)23-17(15)21-10-14-5-3-2-4-6-14/h2-8,12-13,20H,9-11H2,1H3,(H,21,22,23). The predicted molar refractivity (Wildman–Crippen MR) is 93.0 cm³/mol. The molecule has 4 rings (SSSR count). The van der Waals surface area contributed by atoms with Crippen molar-refractivity contribution >= 4 is 5.82 Å². The van der Waals surface area contributed by atoms with Gasteiger partial charge in [0.2, 0.25) is 5.95 Å². The molecule has 6 nitrogen and oxygen atoms in total. The van der Waals surface area contributed by atoms with Crippen molar-refractivity contribution in [1.82, 2.24) is 24.8 Å². The van der Waals surface area contributed by atoms with E-state index in [4.69, 9.17) is 9.97 Å². The normalized spacial score (nSPS) is 16.6. The summed E-state index contributed by atoms with van der Waals surface area (Å²) >= 11 is 0. The number of imidazole rings is 1. The van der Waals surface area contributed by atoms with Gasteiger partial charge in [0.1, 0.15) is 12.1 Å². The number of benzene rings is 1. The summed E-state index contributed by atoms with van der Waals surface area (Å²) in [5, 5.41) is 6.93. The lowest BCUT2D eigenvalue weighted by Gasteiger charge is -2.25. The van der Waals surface area contributed by atoms with Crippen LogP contribution in [-0.4, -0.2) is 26.1 Å². The van der Waals surface area contributed by atoms with Crippen molar-refractivity contribution in [2.75, 3.05) is 11.9 Å². The maximum absolute atomic E-state index is 4.78. The van der Waals surface area contributed by atoms with E-state index in [-0.39, 0.29) is 0 Å². The van der Waals surface area contributed by atoms with E-state index in [1.165, 1.54) is 5.56 Å². The highest BCUT2D eigenvalue weighted by molar-refractivity contribution is 5.51. The van der Waals surface area contributed by atoms with Crippen LogP contribution in [0.15, 0.2) is 49.1 Å². The summed E-state index contributed by atoms with van der Waals surface area (Å²) in [6.07, 6.45) is 5.34. The van der Waals surface area contributed by atoms with Gasteiger partial charge in [-0.1, -0.05) is 37.3 Å². The molecule has 3 aromatic rings. The van der Waals surface area contributed by atoms with E-state index in [0.717, 1.165) is 36.7 Å². The van der Waals surface area contributed by atoms with Gasteiger partial charge in [0.25, 0.3) is 0 Å². The van der Waals surface area contributed by atoms with Crippen LogP contribution in [-0.2, 0) is 13.1 Å². The number of aromatic nitrogens is 4. The first-order chi connectivity index (χ1) is 11.8. The summed E-state index contributed by atoms with van der Waals surface area (Å²) in [7, 11) is 0. The molecule has 1 unspecified atom stereocenters. The van der Waals surface area contributed by atoms with E-state index in [0.29, 0.717) is 11.9 Å². The second kappa shape index (κ2) is 6.41. The first kappa shape index (κ1) is 14.8. The average molecular weight is 320 g/mol. The van der Waals surface area contributed by atoms with Crippen molar-refractivity contribution in [3.63, 3.8) is 0 Å². The minimum Gasteiger partial charge on any atom is -0.366 e. The third-order valence-corrected chi connectivity index (χ3v) is 4.28. The molecule has 0 saturated carbocycles. The monoisotopic (exact) mass is 320 g/mol. The van der Waals surface area contributed by atoms with Crippen molar-refractivity contribution in [2.24, 2.45) is 0 Å². The molecule has 0 radical (unpaired) electrons. The minimum absolute atomic E-state index is 0.358. The van der Waals surface area contributed by atoms with Gasteiger partial charge in [0.05, 0.1) is 5.69 Å². The van der Waals surface area contributed by atoms with Crippen molar-refractivity contribution in [1.29, 1.82) is 0 Å². The number of fused-ring (bicyclic) bond motifs is 1. The quantitative estimate of drug-likeness (QED) is 0.773. The second-order valence-electron chi connectivity index (χ2n) is 6.08. The lowest BCUT2D eigenvalue weighted by atomic mass is 9.98. The Morgan fingerprint density at radius 1 is 1.25 bits per heavy atom. The molecule has 3 heterocycles. The van der Waals surface area contributed by atoms with Crippen molar-refractivity contribution in [3.05, 3.63) is 65.9 Å². The first-order valence-electron chi connectivity index (χ1n) is 8.19. The van der Waals surface area contributed by atoms with Crippen LogP contribution in [0.1, 0.15) is 29.7 Å². The summed E-state index contributed by atoms with van der Waals surface area (Å²) in [5.74, 6) is 1.92. The van der Waals surface area contributed by atoms with Crippen LogP contribution in [0, 0.1) is 0 Å². The van der Waals surface area contributed by atoms with Crippen LogP contribution < -0.4 is 10.6 Å². The van der Waals surface area contributed by atoms with Gasteiger partial charge in [-0.25, -0.2) is 9.97 Å². The van der Waals surface area contributed by atoms with Crippen LogP contribution in [0.25, 0.3) is 5.95 Å². The van der Waals surface area contributed by atoms with Gasteiger partial charge < -0.3 is 10.6 Å². The van der Waals surface area contributed by atoms with Gasteiger partial charge in [0, 0.05) is 43.5 Å². The zero-order valence-electron chi connectivity index (χ0n) is 13.6. The van der Waals surface area contributed by atoms with Crippen molar-refractivity contribution in [2.45, 2.75) is 25.9 Å². The summed E-state index contributed by atoms with van der Waals surface area (Å²) in [5.41, 5.74) is 3.50. The smallest absolute Gasteiger partial charge is 0.237 e. The molecule has 24 heavy (non-hydrogen) atoms. The van der Waals surface area contributed by atoms with E-state index in [1.807, 2.05) is 29.0 Å². The largest absolute Gasteiger partial charge is 0.366 e. The number of nitrogens with one attached hydrogen (secondary N) is 2. The van der Waals surface area contributed by atoms with Crippen LogP contribution in [0.4, 0.5) is 5.82 Å². The Morgan fingerprint density at radius 3 is 2.92 bits per heavy atom. The van der Waals surface area contributed by atoms with Gasteiger partial charge in [0.15, 0.2) is 0 Å². The minimum atomic E-state index is 0.358. The molecule has 2 aromatic heterocycles. The van der Waals surface area contributed by atoms with Gasteiger partial charge in [-0.2, -0.15) is 4.98 Å². The fourth-order valence-electron chi connectivity index (χ4n) is 3.00. The van der Waals surface area contributed by atoms with E-state index in [9.17, 15) is 0 Å². The molecule has 122 valence electrons. The van der Waals surface area contributed by atoms with E-state index >= 15 is 0 Å². The Labute approximate surface area is 141 Å². The Balaban J connectivity index is 1.71. The van der Waals surface area contributed by atoms with Gasteiger partial charge in [-0.15, -0.1) is 0 Å². The third kappa shape index (κ3) is 2.88. The van der Waals surface area contributed by atoms with Crippen LogP contribution in [0.5, 0.6) is 0 Å². The van der Waals surface area contributed by atoms with Gasteiger partial charge in [-0.3, -0.25) is 4.57 Å². The van der Waals surface area contributed by atoms with Gasteiger partial charge >= 0.3 is 0 Å². The van der Waals surface area contributed by atoms with E-state index in [2.05, 4.69) is 34.7 Å². The lowest BCUT2D eigenvalue weighted by molar-refractivity contribution is 0.552. The summed E-state index contributed by atoms with van der Waals surface area (Å²) in [4.78, 5) is 13.6. The number of hydrogen-bond donors (Lipinski definition) is 2. The highest BCUT2D eigenvalue weighted by Gasteiger charge is 2.23. The van der Waals surface area contributed by atoms with E-state index < -0.39 is 0 Å². The lowest BCUT2D eigenvalue weighted by Crippen LogP contribution is -2.29. The molecule has 0 aliphatic carbocycles. The number of hydrogen-bond acceptors (Lipinski definition) is 5. The predicted octanol–water partition coefficient (Wildman–Crippen LogP) is 2.48. The molecule has 0 fully saturated rings. The number of rotatable bonds is 4. The third-order valence-electron chi connectivity index (χ3n) is 4.28. The summed E-state index contributed by atoms with van der Waals surface area (Å²) in [6, 6.07) is 10.3. The molecule has 1 atom stereocenters. The molecule has 0 amide bonds. The van der Waals surface area contributed by atoms with E-state index in [1.54, 1.807) is 12.5 Å².